The van der Waals surface area contributed by atoms with E-state index in [1.807, 2.05) is 13.8 Å². The van der Waals surface area contributed by atoms with Crippen molar-refractivity contribution in [1.82, 2.24) is 9.97 Å². The van der Waals surface area contributed by atoms with Crippen molar-refractivity contribution < 1.29 is 27.8 Å². The van der Waals surface area contributed by atoms with Crippen LogP contribution < -0.4 is 20.3 Å². The summed E-state index contributed by atoms with van der Waals surface area (Å²) in [4.78, 5) is 20.1. The summed E-state index contributed by atoms with van der Waals surface area (Å²) in [7, 11) is 0.675. The highest BCUT2D eigenvalue weighted by Crippen LogP contribution is 2.43. The molecule has 5 N–H and O–H groups in total. The van der Waals surface area contributed by atoms with Gasteiger partial charge in [-0.1, -0.05) is 34.1 Å². The Labute approximate surface area is 197 Å². The zero-order valence-corrected chi connectivity index (χ0v) is 21.6. The van der Waals surface area contributed by atoms with Crippen molar-refractivity contribution in [3.63, 3.8) is 0 Å². The normalized spacial score (nSPS) is 9.76. The van der Waals surface area contributed by atoms with Gasteiger partial charge >= 0.3 is 0 Å². The summed E-state index contributed by atoms with van der Waals surface area (Å²) in [6.07, 6.45) is 4.25. The molecule has 2 aromatic rings. The first-order valence-corrected chi connectivity index (χ1v) is 12.2. The van der Waals surface area contributed by atoms with Gasteiger partial charge in [-0.05, 0) is 26.0 Å². The van der Waals surface area contributed by atoms with E-state index in [1.54, 1.807) is 0 Å². The predicted molar refractivity (Wildman–Crippen MR) is 131 cm³/mol. The first-order valence-electron chi connectivity index (χ1n) is 10.5. The van der Waals surface area contributed by atoms with Crippen LogP contribution in [0.15, 0.2) is 18.5 Å². The average Bonchev–Trinajstić information content (AvgIpc) is 2.79. The molecule has 0 saturated heterocycles. The molecule has 1 aromatic heterocycles. The maximum absolute atomic E-state index is 11.9. The first kappa shape index (κ1) is 32.4. The fourth-order valence-electron chi connectivity index (χ4n) is 2.37. The Kier molecular flexibility index (Phi) is 16.5. The summed E-state index contributed by atoms with van der Waals surface area (Å²) in [6, 6.07) is 1.46. The third-order valence-electron chi connectivity index (χ3n) is 3.62. The van der Waals surface area contributed by atoms with E-state index in [9.17, 15) is 18.3 Å². The molecule has 0 aliphatic heterocycles. The van der Waals surface area contributed by atoms with E-state index in [2.05, 4.69) is 29.5 Å². The minimum absolute atomic E-state index is 0.00907. The lowest BCUT2D eigenvalue weighted by atomic mass is 10.0. The Hall–Kier alpha value is -2.76. The van der Waals surface area contributed by atoms with E-state index >= 15 is 0 Å². The minimum atomic E-state index is -3.59. The molecule has 1 aromatic carbocycles. The van der Waals surface area contributed by atoms with Crippen molar-refractivity contribution in [2.45, 2.75) is 47.5 Å². The standard InChI is InChI=1S/C16H19N3O6S.C3H8.C2H6.CH5N/c1-9(20)13-11(24-2)6-12(25-3)14(15(13)21)16-18-7-10(8-19-16)4-5-26(17,22)23;1-3-2;2*1-2/h6-8,21H,4-5H2,1-3H3,(H2,17,22,23);3H2,1-2H3;1-2H3;2H2,1H3. The maximum Gasteiger partial charge on any atom is 0.209 e. The van der Waals surface area contributed by atoms with E-state index in [-0.39, 0.29) is 46.4 Å². The topological polar surface area (TPSA) is 168 Å². The molecule has 0 radical (unpaired) electrons. The van der Waals surface area contributed by atoms with Crippen LogP contribution in [0.1, 0.15) is 57.0 Å². The number of Topliss-reactive ketones (excluding diaryl/α,β-unsaturated/α-hetero) is 1. The fourth-order valence-corrected chi connectivity index (χ4v) is 2.89. The van der Waals surface area contributed by atoms with Gasteiger partial charge in [0.25, 0.3) is 0 Å². The highest BCUT2D eigenvalue weighted by molar-refractivity contribution is 7.89. The number of benzene rings is 1. The van der Waals surface area contributed by atoms with Gasteiger partial charge in [0.1, 0.15) is 28.4 Å². The summed E-state index contributed by atoms with van der Waals surface area (Å²) in [5.74, 6) is -0.480. The molecule has 1 heterocycles. The molecule has 0 spiro atoms. The second-order valence-electron chi connectivity index (χ2n) is 6.17. The minimum Gasteiger partial charge on any atom is -0.506 e. The van der Waals surface area contributed by atoms with Crippen LogP contribution in [0.2, 0.25) is 0 Å². The van der Waals surface area contributed by atoms with Crippen molar-refractivity contribution in [1.29, 1.82) is 0 Å². The van der Waals surface area contributed by atoms with Gasteiger partial charge in [-0.3, -0.25) is 4.79 Å². The average molecular weight is 487 g/mol. The van der Waals surface area contributed by atoms with Crippen molar-refractivity contribution in [2.24, 2.45) is 10.9 Å². The number of aromatic nitrogens is 2. The van der Waals surface area contributed by atoms with Crippen LogP contribution in [-0.4, -0.2) is 56.3 Å². The summed E-state index contributed by atoms with van der Waals surface area (Å²) in [5.41, 5.74) is 5.18. The van der Waals surface area contributed by atoms with Crippen LogP contribution in [-0.2, 0) is 16.4 Å². The summed E-state index contributed by atoms with van der Waals surface area (Å²) in [5, 5.41) is 15.5. The zero-order chi connectivity index (χ0) is 26.2. The number of hydrogen-bond donors (Lipinski definition) is 3. The molecular weight excluding hydrogens is 448 g/mol. The number of hydrogen-bond acceptors (Lipinski definition) is 9. The molecule has 0 bridgehead atoms. The monoisotopic (exact) mass is 486 g/mol. The van der Waals surface area contributed by atoms with Crippen molar-refractivity contribution in [2.75, 3.05) is 27.0 Å². The number of ketones is 1. The largest absolute Gasteiger partial charge is 0.506 e. The number of methoxy groups -OCH3 is 2. The van der Waals surface area contributed by atoms with Crippen LogP contribution in [0.4, 0.5) is 0 Å². The smallest absolute Gasteiger partial charge is 0.209 e. The number of ether oxygens (including phenoxy) is 2. The van der Waals surface area contributed by atoms with Crippen molar-refractivity contribution in [3.05, 3.63) is 29.6 Å². The summed E-state index contributed by atoms with van der Waals surface area (Å²) < 4.78 is 32.4. The van der Waals surface area contributed by atoms with E-state index < -0.39 is 15.8 Å². The Morgan fingerprint density at radius 2 is 1.52 bits per heavy atom. The van der Waals surface area contributed by atoms with Crippen LogP contribution >= 0.6 is 0 Å². The lowest BCUT2D eigenvalue weighted by Gasteiger charge is -2.15. The highest BCUT2D eigenvalue weighted by Gasteiger charge is 2.24. The number of rotatable bonds is 7. The number of sulfonamides is 1. The van der Waals surface area contributed by atoms with Gasteiger partial charge in [0.05, 0.1) is 20.0 Å². The predicted octanol–water partition coefficient (Wildman–Crippen LogP) is 2.92. The SMILES string of the molecule is CC.CCC.CN.COc1cc(OC)c(-c2ncc(CCS(N)(=O)=O)cn2)c(O)c1C(C)=O. The second kappa shape index (κ2) is 16.8. The molecule has 0 unspecified atom stereocenters. The molecule has 2 rings (SSSR count). The zero-order valence-electron chi connectivity index (χ0n) is 20.8. The number of nitrogens with zero attached hydrogens (tertiary/aromatic N) is 2. The lowest BCUT2D eigenvalue weighted by molar-refractivity contribution is 0.101. The Balaban J connectivity index is 0. The molecule has 0 aliphatic rings. The molecule has 0 fully saturated rings. The Morgan fingerprint density at radius 3 is 1.88 bits per heavy atom. The number of primary sulfonamides is 1. The number of aromatic hydroxyl groups is 1. The molecule has 0 amide bonds. The molecule has 33 heavy (non-hydrogen) atoms. The quantitative estimate of drug-likeness (QED) is 0.498. The summed E-state index contributed by atoms with van der Waals surface area (Å²) >= 11 is 0. The number of phenolic OH excluding ortho intramolecular Hbond substituents is 1. The van der Waals surface area contributed by atoms with Gasteiger partial charge in [0, 0.05) is 18.5 Å². The number of aryl methyl sites for hydroxylation is 1. The van der Waals surface area contributed by atoms with Gasteiger partial charge in [-0.15, -0.1) is 0 Å². The Morgan fingerprint density at radius 1 is 1.06 bits per heavy atom. The number of carbonyl (C=O) groups excluding carboxylic acids is 1. The van der Waals surface area contributed by atoms with Crippen molar-refractivity contribution in [3.8, 4) is 28.6 Å². The summed E-state index contributed by atoms with van der Waals surface area (Å²) in [6.45, 7) is 9.55. The van der Waals surface area contributed by atoms with E-state index in [4.69, 9.17) is 14.6 Å². The maximum atomic E-state index is 11.9. The second-order valence-corrected chi connectivity index (χ2v) is 7.91. The van der Waals surface area contributed by atoms with Crippen LogP contribution in [0.25, 0.3) is 11.4 Å². The molecule has 10 nitrogen and oxygen atoms in total. The van der Waals surface area contributed by atoms with E-state index in [1.165, 1.54) is 53.1 Å². The molecule has 11 heteroatoms. The van der Waals surface area contributed by atoms with Crippen molar-refractivity contribution >= 4 is 15.8 Å². The lowest BCUT2D eigenvalue weighted by Crippen LogP contribution is -2.18. The van der Waals surface area contributed by atoms with Crippen LogP contribution in [0.3, 0.4) is 0 Å². The van der Waals surface area contributed by atoms with Crippen LogP contribution in [0.5, 0.6) is 17.2 Å². The van der Waals surface area contributed by atoms with Gasteiger partial charge in [0.15, 0.2) is 11.6 Å². The van der Waals surface area contributed by atoms with E-state index in [0.717, 1.165) is 0 Å². The number of phenols is 1. The highest BCUT2D eigenvalue weighted by atomic mass is 32.2. The van der Waals surface area contributed by atoms with Gasteiger partial charge in [-0.2, -0.15) is 0 Å². The number of nitrogens with two attached hydrogens (primary N) is 2. The third kappa shape index (κ3) is 10.6. The first-order chi connectivity index (χ1) is 15.6. The van der Waals surface area contributed by atoms with Gasteiger partial charge in [0.2, 0.25) is 10.0 Å². The molecular formula is C22H38N4O6S. The van der Waals surface area contributed by atoms with E-state index in [0.29, 0.717) is 5.56 Å². The number of carbonyl (C=O) groups is 1. The van der Waals surface area contributed by atoms with Crippen LogP contribution in [0, 0.1) is 0 Å². The van der Waals surface area contributed by atoms with Gasteiger partial charge < -0.3 is 20.3 Å². The Bertz CT molecular complexity index is 948. The van der Waals surface area contributed by atoms with Gasteiger partial charge in [-0.25, -0.2) is 23.5 Å². The third-order valence-corrected chi connectivity index (χ3v) is 4.40. The molecule has 0 atom stereocenters. The molecule has 0 saturated carbocycles. The molecule has 188 valence electrons. The molecule has 0 aliphatic carbocycles. The fraction of sp³-hybridized carbons (Fsp3) is 0.500.